The summed E-state index contributed by atoms with van der Waals surface area (Å²) in [4.78, 5) is 21.9. The smallest absolute Gasteiger partial charge is 0.407 e. The van der Waals surface area contributed by atoms with Crippen LogP contribution in [-0.2, 0) is 19.4 Å². The Kier molecular flexibility index (Phi) is 4.02. The number of rotatable bonds is 3. The fourth-order valence-corrected chi connectivity index (χ4v) is 3.50. The predicted octanol–water partition coefficient (Wildman–Crippen LogP) is 3.68. The van der Waals surface area contributed by atoms with Gasteiger partial charge in [-0.25, -0.2) is 14.8 Å². The fourth-order valence-electron chi connectivity index (χ4n) is 3.23. The van der Waals surface area contributed by atoms with E-state index in [0.29, 0.717) is 11.0 Å². The number of hydrogen-bond acceptors (Lipinski definition) is 3. The summed E-state index contributed by atoms with van der Waals surface area (Å²) in [6.45, 7) is 4.68. The summed E-state index contributed by atoms with van der Waals surface area (Å²) in [5, 5.41) is 9.88. The molecule has 0 spiro atoms. The van der Waals surface area contributed by atoms with E-state index in [0.717, 1.165) is 49.8 Å². The molecule has 1 fully saturated rings. The van der Waals surface area contributed by atoms with Crippen LogP contribution in [0.4, 0.5) is 4.79 Å². The molecule has 2 aliphatic carbocycles. The maximum Gasteiger partial charge on any atom is 0.407 e. The summed E-state index contributed by atoms with van der Waals surface area (Å²) in [5.74, 6) is 0.526. The molecule has 0 atom stereocenters. The van der Waals surface area contributed by atoms with Crippen LogP contribution in [0.1, 0.15) is 56.6 Å². The zero-order chi connectivity index (χ0) is 15.9. The van der Waals surface area contributed by atoms with Gasteiger partial charge in [-0.15, -0.1) is 0 Å². The molecule has 0 aromatic carbocycles. The fraction of sp³-hybridized carbons (Fsp3) is 0.688. The van der Waals surface area contributed by atoms with E-state index in [1.807, 2.05) is 0 Å². The van der Waals surface area contributed by atoms with Gasteiger partial charge in [0.15, 0.2) is 0 Å². The molecule has 1 N–H and O–H groups in total. The van der Waals surface area contributed by atoms with Crippen LogP contribution in [0.25, 0.3) is 0 Å². The molecule has 5 nitrogen and oxygen atoms in total. The summed E-state index contributed by atoms with van der Waals surface area (Å²) in [6.07, 6.45) is 4.88. The average Bonchev–Trinajstić information content (AvgIpc) is 2.36. The number of amides is 1. The van der Waals surface area contributed by atoms with Gasteiger partial charge in [0.2, 0.25) is 0 Å². The van der Waals surface area contributed by atoms with Crippen molar-refractivity contribution in [1.29, 1.82) is 0 Å². The molecule has 120 valence electrons. The molecule has 2 aliphatic rings. The minimum absolute atomic E-state index is 0.106. The molecular weight excluding hydrogens is 302 g/mol. The first-order valence-electron chi connectivity index (χ1n) is 7.89. The van der Waals surface area contributed by atoms with E-state index in [2.05, 4.69) is 23.8 Å². The number of aryl methyl sites for hydroxylation is 1. The minimum atomic E-state index is -0.900. The van der Waals surface area contributed by atoms with Crippen molar-refractivity contribution >= 4 is 17.7 Å². The van der Waals surface area contributed by atoms with Gasteiger partial charge in [-0.1, -0.05) is 25.4 Å². The first-order valence-corrected chi connectivity index (χ1v) is 8.27. The summed E-state index contributed by atoms with van der Waals surface area (Å²) in [5.41, 5.74) is 2.25. The van der Waals surface area contributed by atoms with Gasteiger partial charge >= 0.3 is 6.09 Å². The Balaban J connectivity index is 1.83. The summed E-state index contributed by atoms with van der Waals surface area (Å²) < 4.78 is 0. The number of carbonyl (C=O) groups is 1. The Morgan fingerprint density at radius 3 is 2.73 bits per heavy atom. The Morgan fingerprint density at radius 1 is 1.41 bits per heavy atom. The van der Waals surface area contributed by atoms with Gasteiger partial charge in [-0.05, 0) is 43.9 Å². The summed E-state index contributed by atoms with van der Waals surface area (Å²) >= 11 is 6.35. The monoisotopic (exact) mass is 323 g/mol. The van der Waals surface area contributed by atoms with Gasteiger partial charge < -0.3 is 5.11 Å². The quantitative estimate of drug-likeness (QED) is 0.862. The molecule has 0 radical (unpaired) electrons. The lowest BCUT2D eigenvalue weighted by atomic mass is 9.76. The van der Waals surface area contributed by atoms with Crippen molar-refractivity contribution in [3.05, 3.63) is 22.2 Å². The second-order valence-electron chi connectivity index (χ2n) is 7.19. The Hall–Kier alpha value is -1.36. The van der Waals surface area contributed by atoms with Crippen molar-refractivity contribution in [1.82, 2.24) is 14.9 Å². The number of halogens is 1. The third kappa shape index (κ3) is 3.05. The van der Waals surface area contributed by atoms with Crippen LogP contribution in [0.3, 0.4) is 0 Å². The number of fused-ring (bicyclic) bond motifs is 1. The van der Waals surface area contributed by atoms with Crippen LogP contribution < -0.4 is 0 Å². The molecule has 0 bridgehead atoms. The van der Waals surface area contributed by atoms with Crippen LogP contribution in [0.15, 0.2) is 0 Å². The highest BCUT2D eigenvalue weighted by molar-refractivity contribution is 6.30. The van der Waals surface area contributed by atoms with E-state index >= 15 is 0 Å². The summed E-state index contributed by atoms with van der Waals surface area (Å²) in [7, 11) is 0. The van der Waals surface area contributed by atoms with E-state index in [1.54, 1.807) is 0 Å². The molecule has 22 heavy (non-hydrogen) atoms. The van der Waals surface area contributed by atoms with Crippen molar-refractivity contribution < 1.29 is 9.90 Å². The SMILES string of the molecule is CC1(C)CCc2nc(CN(C(=O)O)C3CCC3)nc(Cl)c2C1. The second-order valence-corrected chi connectivity index (χ2v) is 7.55. The maximum absolute atomic E-state index is 11.4. The molecule has 3 rings (SSSR count). The van der Waals surface area contributed by atoms with Gasteiger partial charge in [0, 0.05) is 17.3 Å². The normalized spacial score (nSPS) is 20.1. The zero-order valence-corrected chi connectivity index (χ0v) is 13.9. The van der Waals surface area contributed by atoms with Crippen molar-refractivity contribution in [3.8, 4) is 0 Å². The topological polar surface area (TPSA) is 66.3 Å². The number of hydrogen-bond donors (Lipinski definition) is 1. The summed E-state index contributed by atoms with van der Waals surface area (Å²) in [6, 6.07) is 0.106. The van der Waals surface area contributed by atoms with Crippen LogP contribution in [-0.4, -0.2) is 32.1 Å². The first-order chi connectivity index (χ1) is 10.4. The molecule has 0 aliphatic heterocycles. The van der Waals surface area contributed by atoms with E-state index in [9.17, 15) is 9.90 Å². The molecule has 1 aromatic heterocycles. The zero-order valence-electron chi connectivity index (χ0n) is 13.1. The molecule has 0 unspecified atom stereocenters. The highest BCUT2D eigenvalue weighted by Gasteiger charge is 2.31. The predicted molar refractivity (Wildman–Crippen MR) is 84.1 cm³/mol. The van der Waals surface area contributed by atoms with Crippen LogP contribution >= 0.6 is 11.6 Å². The van der Waals surface area contributed by atoms with E-state index in [-0.39, 0.29) is 18.0 Å². The molecule has 1 saturated carbocycles. The van der Waals surface area contributed by atoms with Crippen molar-refractivity contribution in [2.24, 2.45) is 5.41 Å². The van der Waals surface area contributed by atoms with Gasteiger partial charge in [-0.3, -0.25) is 4.90 Å². The van der Waals surface area contributed by atoms with Gasteiger partial charge in [0.05, 0.1) is 6.54 Å². The van der Waals surface area contributed by atoms with E-state index in [1.165, 1.54) is 4.90 Å². The van der Waals surface area contributed by atoms with Crippen LogP contribution in [0.2, 0.25) is 5.15 Å². The van der Waals surface area contributed by atoms with Crippen LogP contribution in [0, 0.1) is 5.41 Å². The van der Waals surface area contributed by atoms with Gasteiger partial charge in [0.25, 0.3) is 0 Å². The number of carboxylic acid groups (broad SMARTS) is 1. The van der Waals surface area contributed by atoms with E-state index < -0.39 is 6.09 Å². The Morgan fingerprint density at radius 2 is 2.14 bits per heavy atom. The van der Waals surface area contributed by atoms with Crippen molar-refractivity contribution in [3.63, 3.8) is 0 Å². The lowest BCUT2D eigenvalue weighted by Gasteiger charge is -2.35. The van der Waals surface area contributed by atoms with Gasteiger partial charge in [-0.2, -0.15) is 0 Å². The standard InChI is InChI=1S/C16H22ClN3O2/c1-16(2)7-6-12-11(8-16)14(17)19-13(18-12)9-20(15(21)22)10-4-3-5-10/h10H,3-9H2,1-2H3,(H,21,22). The lowest BCUT2D eigenvalue weighted by Crippen LogP contribution is -2.43. The molecule has 1 aromatic rings. The Labute approximate surface area is 135 Å². The lowest BCUT2D eigenvalue weighted by molar-refractivity contribution is 0.0911. The molecule has 0 saturated heterocycles. The maximum atomic E-state index is 11.4. The first kappa shape index (κ1) is 15.5. The number of aromatic nitrogens is 2. The molecule has 1 amide bonds. The third-order valence-corrected chi connectivity index (χ3v) is 5.17. The minimum Gasteiger partial charge on any atom is -0.465 e. The number of nitrogens with zero attached hydrogens (tertiary/aromatic N) is 3. The van der Waals surface area contributed by atoms with Gasteiger partial charge in [0.1, 0.15) is 11.0 Å². The molecule has 1 heterocycles. The van der Waals surface area contributed by atoms with E-state index in [4.69, 9.17) is 11.6 Å². The second kappa shape index (κ2) is 5.69. The molecule has 6 heteroatoms. The largest absolute Gasteiger partial charge is 0.465 e. The highest BCUT2D eigenvalue weighted by atomic mass is 35.5. The third-order valence-electron chi connectivity index (χ3n) is 4.86. The van der Waals surface area contributed by atoms with Crippen LogP contribution in [0.5, 0.6) is 0 Å². The van der Waals surface area contributed by atoms with Crippen molar-refractivity contribution in [2.75, 3.05) is 0 Å². The molecular formula is C16H22ClN3O2. The highest BCUT2D eigenvalue weighted by Crippen LogP contribution is 2.36. The Bertz CT molecular complexity index is 599. The average molecular weight is 324 g/mol. The van der Waals surface area contributed by atoms with Crippen molar-refractivity contribution in [2.45, 2.75) is 65.0 Å².